The van der Waals surface area contributed by atoms with Gasteiger partial charge in [0, 0.05) is 5.41 Å². The van der Waals surface area contributed by atoms with Gasteiger partial charge < -0.3 is 9.64 Å². The highest BCUT2D eigenvalue weighted by atomic mass is 16.5. The maximum atomic E-state index is 12.5. The van der Waals surface area contributed by atoms with Crippen LogP contribution in [0.4, 0.5) is 0 Å². The number of carbonyl (C=O) groups excluding carboxylic acids is 1. The third-order valence-corrected chi connectivity index (χ3v) is 3.79. The molecule has 3 nitrogen and oxygen atoms in total. The van der Waals surface area contributed by atoms with Gasteiger partial charge in [0.2, 0.25) is 5.91 Å². The number of amides is 1. The van der Waals surface area contributed by atoms with Gasteiger partial charge in [-0.2, -0.15) is 0 Å². The molecule has 0 unspecified atom stereocenters. The lowest BCUT2D eigenvalue weighted by Gasteiger charge is -2.31. The van der Waals surface area contributed by atoms with Crippen molar-refractivity contribution in [3.63, 3.8) is 0 Å². The number of rotatable bonds is 3. The lowest BCUT2D eigenvalue weighted by molar-refractivity contribution is -0.142. The zero-order chi connectivity index (χ0) is 13.2. The summed E-state index contributed by atoms with van der Waals surface area (Å²) in [6.07, 6.45) is 0.837. The van der Waals surface area contributed by atoms with Crippen LogP contribution in [0.15, 0.2) is 30.3 Å². The average molecular weight is 247 g/mol. The summed E-state index contributed by atoms with van der Waals surface area (Å²) in [5.74, 6) is 0.177. The van der Waals surface area contributed by atoms with Crippen molar-refractivity contribution in [3.05, 3.63) is 35.9 Å². The Labute approximate surface area is 109 Å². The van der Waals surface area contributed by atoms with Crippen molar-refractivity contribution in [2.24, 2.45) is 5.41 Å². The van der Waals surface area contributed by atoms with E-state index >= 15 is 0 Å². The minimum Gasteiger partial charge on any atom is -0.359 e. The van der Waals surface area contributed by atoms with Crippen LogP contribution in [0.2, 0.25) is 0 Å². The third-order valence-electron chi connectivity index (χ3n) is 3.79. The van der Waals surface area contributed by atoms with E-state index in [9.17, 15) is 4.79 Å². The third kappa shape index (κ3) is 2.41. The molecule has 0 radical (unpaired) electrons. The van der Waals surface area contributed by atoms with Crippen molar-refractivity contribution in [2.45, 2.75) is 33.2 Å². The predicted octanol–water partition coefficient (Wildman–Crippen LogP) is 2.98. The summed E-state index contributed by atoms with van der Waals surface area (Å²) in [6, 6.07) is 10.2. The summed E-state index contributed by atoms with van der Waals surface area (Å²) in [5, 5.41) is 0. The van der Waals surface area contributed by atoms with Gasteiger partial charge in [0.15, 0.2) is 0 Å². The van der Waals surface area contributed by atoms with Gasteiger partial charge in [-0.05, 0) is 12.0 Å². The maximum Gasteiger partial charge on any atom is 0.230 e. The minimum absolute atomic E-state index is 0.0597. The Morgan fingerprint density at radius 1 is 1.39 bits per heavy atom. The molecule has 1 amide bonds. The van der Waals surface area contributed by atoms with Gasteiger partial charge in [0.1, 0.15) is 6.73 Å². The summed E-state index contributed by atoms with van der Waals surface area (Å²) in [6.45, 7) is 7.04. The lowest BCUT2D eigenvalue weighted by Crippen LogP contribution is -2.40. The fourth-order valence-corrected chi connectivity index (χ4v) is 2.13. The molecule has 1 heterocycles. The second-order valence-electron chi connectivity index (χ2n) is 5.44. The molecule has 1 aromatic carbocycles. The van der Waals surface area contributed by atoms with Gasteiger partial charge in [-0.1, -0.05) is 51.1 Å². The Kier molecular flexibility index (Phi) is 3.71. The Morgan fingerprint density at radius 3 is 2.67 bits per heavy atom. The number of ether oxygens (including phenoxy) is 1. The van der Waals surface area contributed by atoms with E-state index in [1.54, 1.807) is 0 Å². The first-order valence-corrected chi connectivity index (χ1v) is 6.50. The molecule has 98 valence electrons. The first kappa shape index (κ1) is 13.1. The molecule has 2 rings (SSSR count). The van der Waals surface area contributed by atoms with Crippen molar-refractivity contribution in [1.82, 2.24) is 4.90 Å². The zero-order valence-electron chi connectivity index (χ0n) is 11.3. The second-order valence-corrected chi connectivity index (χ2v) is 5.44. The van der Waals surface area contributed by atoms with E-state index in [0.717, 1.165) is 12.0 Å². The van der Waals surface area contributed by atoms with Gasteiger partial charge in [-0.25, -0.2) is 0 Å². The fourth-order valence-electron chi connectivity index (χ4n) is 2.13. The normalized spacial score (nSPS) is 20.2. The van der Waals surface area contributed by atoms with E-state index in [1.165, 1.54) is 0 Å². The molecule has 0 saturated carbocycles. The van der Waals surface area contributed by atoms with Crippen LogP contribution in [0.5, 0.6) is 0 Å². The van der Waals surface area contributed by atoms with E-state index in [2.05, 4.69) is 12.1 Å². The summed E-state index contributed by atoms with van der Waals surface area (Å²) in [4.78, 5) is 14.4. The van der Waals surface area contributed by atoms with Gasteiger partial charge in [0.25, 0.3) is 0 Å². The topological polar surface area (TPSA) is 29.5 Å². The Morgan fingerprint density at radius 2 is 2.06 bits per heavy atom. The van der Waals surface area contributed by atoms with Crippen LogP contribution in [0, 0.1) is 5.41 Å². The molecule has 1 aliphatic rings. The SMILES string of the molecule is CCC(C)(C)C(=O)N1COC[C@H]1c1ccccc1. The summed E-state index contributed by atoms with van der Waals surface area (Å²) < 4.78 is 5.49. The van der Waals surface area contributed by atoms with Gasteiger partial charge in [-0.3, -0.25) is 4.79 Å². The predicted molar refractivity (Wildman–Crippen MR) is 70.9 cm³/mol. The number of hydrogen-bond acceptors (Lipinski definition) is 2. The monoisotopic (exact) mass is 247 g/mol. The molecule has 0 aromatic heterocycles. The molecule has 0 spiro atoms. The molecular weight excluding hydrogens is 226 g/mol. The Balaban J connectivity index is 2.21. The molecule has 1 fully saturated rings. The maximum absolute atomic E-state index is 12.5. The van der Waals surface area contributed by atoms with E-state index in [1.807, 2.05) is 43.9 Å². The average Bonchev–Trinajstić information content (AvgIpc) is 2.87. The van der Waals surface area contributed by atoms with Crippen LogP contribution in [-0.2, 0) is 9.53 Å². The molecule has 1 saturated heterocycles. The molecule has 1 aromatic rings. The number of nitrogens with zero attached hydrogens (tertiary/aromatic N) is 1. The smallest absolute Gasteiger partial charge is 0.230 e. The van der Waals surface area contributed by atoms with Gasteiger partial charge in [-0.15, -0.1) is 0 Å². The summed E-state index contributed by atoms with van der Waals surface area (Å²) >= 11 is 0. The van der Waals surface area contributed by atoms with Crippen molar-refractivity contribution in [3.8, 4) is 0 Å². The molecule has 3 heteroatoms. The molecular formula is C15H21NO2. The molecule has 0 bridgehead atoms. The van der Waals surface area contributed by atoms with Crippen LogP contribution in [0.25, 0.3) is 0 Å². The highest BCUT2D eigenvalue weighted by Gasteiger charge is 2.37. The quantitative estimate of drug-likeness (QED) is 0.821. The summed E-state index contributed by atoms with van der Waals surface area (Å²) in [7, 11) is 0. The van der Waals surface area contributed by atoms with Crippen LogP contribution < -0.4 is 0 Å². The zero-order valence-corrected chi connectivity index (χ0v) is 11.3. The van der Waals surface area contributed by atoms with Crippen molar-refractivity contribution >= 4 is 5.91 Å². The van der Waals surface area contributed by atoms with Crippen LogP contribution in [-0.4, -0.2) is 24.1 Å². The highest BCUT2D eigenvalue weighted by molar-refractivity contribution is 5.82. The first-order chi connectivity index (χ1) is 8.56. The number of carbonyl (C=O) groups is 1. The first-order valence-electron chi connectivity index (χ1n) is 6.50. The fraction of sp³-hybridized carbons (Fsp3) is 0.533. The standard InChI is InChI=1S/C15H21NO2/c1-4-15(2,3)14(17)16-11-18-10-13(16)12-8-6-5-7-9-12/h5-9,13H,4,10-11H2,1-3H3/t13-/m0/s1. The van der Waals surface area contributed by atoms with Crippen LogP contribution >= 0.6 is 0 Å². The Hall–Kier alpha value is -1.35. The highest BCUT2D eigenvalue weighted by Crippen LogP contribution is 2.32. The van der Waals surface area contributed by atoms with Gasteiger partial charge >= 0.3 is 0 Å². The molecule has 0 N–H and O–H groups in total. The largest absolute Gasteiger partial charge is 0.359 e. The van der Waals surface area contributed by atoms with Crippen molar-refractivity contribution in [2.75, 3.05) is 13.3 Å². The van der Waals surface area contributed by atoms with E-state index in [0.29, 0.717) is 13.3 Å². The lowest BCUT2D eigenvalue weighted by atomic mass is 9.88. The molecule has 1 aliphatic heterocycles. The summed E-state index contributed by atoms with van der Waals surface area (Å²) in [5.41, 5.74) is 0.830. The molecule has 18 heavy (non-hydrogen) atoms. The minimum atomic E-state index is -0.319. The molecule has 1 atom stereocenters. The van der Waals surface area contributed by atoms with Gasteiger partial charge in [0.05, 0.1) is 12.6 Å². The van der Waals surface area contributed by atoms with Crippen LogP contribution in [0.1, 0.15) is 38.8 Å². The number of benzene rings is 1. The van der Waals surface area contributed by atoms with Crippen molar-refractivity contribution in [1.29, 1.82) is 0 Å². The van der Waals surface area contributed by atoms with E-state index < -0.39 is 0 Å². The molecule has 0 aliphatic carbocycles. The van der Waals surface area contributed by atoms with Crippen molar-refractivity contribution < 1.29 is 9.53 Å². The Bertz CT molecular complexity index is 414. The number of hydrogen-bond donors (Lipinski definition) is 0. The van der Waals surface area contributed by atoms with E-state index in [-0.39, 0.29) is 17.4 Å². The van der Waals surface area contributed by atoms with E-state index in [4.69, 9.17) is 4.74 Å². The van der Waals surface area contributed by atoms with Crippen LogP contribution in [0.3, 0.4) is 0 Å². The second kappa shape index (κ2) is 5.11.